The smallest absolute Gasteiger partial charge is 0.133 e. The number of nitrogens with one attached hydrogen (secondary N) is 1. The van der Waals surface area contributed by atoms with Crippen LogP contribution < -0.4 is 10.1 Å². The van der Waals surface area contributed by atoms with Crippen molar-refractivity contribution in [3.63, 3.8) is 0 Å². The molecule has 1 aliphatic carbocycles. The van der Waals surface area contributed by atoms with Crippen LogP contribution in [0.25, 0.3) is 0 Å². The van der Waals surface area contributed by atoms with Crippen LogP contribution in [-0.2, 0) is 12.8 Å². The number of hydrogen-bond acceptors (Lipinski definition) is 4. The van der Waals surface area contributed by atoms with Crippen molar-refractivity contribution in [2.45, 2.75) is 31.4 Å². The molecule has 1 heterocycles. The lowest BCUT2D eigenvalue weighted by atomic mass is 9.88. The van der Waals surface area contributed by atoms with Gasteiger partial charge in [0.25, 0.3) is 0 Å². The summed E-state index contributed by atoms with van der Waals surface area (Å²) in [6, 6.07) is 10.3. The molecule has 1 aromatic heterocycles. The average molecular weight is 287 g/mol. The van der Waals surface area contributed by atoms with Gasteiger partial charge in [0.15, 0.2) is 0 Å². The zero-order valence-electron chi connectivity index (χ0n) is 12.2. The van der Waals surface area contributed by atoms with Gasteiger partial charge in [-0.15, -0.1) is 0 Å². The van der Waals surface area contributed by atoms with E-state index in [0.29, 0.717) is 18.3 Å². The Morgan fingerprint density at radius 2 is 2.29 bits per heavy atom. The fourth-order valence-electron chi connectivity index (χ4n) is 2.89. The number of aryl methyl sites for hydroxylation is 1. The number of rotatable bonds is 5. The Labute approximate surface area is 124 Å². The minimum Gasteiger partial charge on any atom is -0.497 e. The predicted octanol–water partition coefficient (Wildman–Crippen LogP) is 2.47. The maximum atomic E-state index is 10.0. The second-order valence-electron chi connectivity index (χ2n) is 5.51. The van der Waals surface area contributed by atoms with Crippen LogP contribution in [-0.4, -0.2) is 24.8 Å². The lowest BCUT2D eigenvalue weighted by molar-refractivity contribution is 0.142. The second-order valence-corrected chi connectivity index (χ2v) is 5.51. The van der Waals surface area contributed by atoms with E-state index in [0.717, 1.165) is 25.0 Å². The van der Waals surface area contributed by atoms with Crippen molar-refractivity contribution in [1.29, 1.82) is 0 Å². The van der Waals surface area contributed by atoms with Gasteiger partial charge >= 0.3 is 0 Å². The highest BCUT2D eigenvalue weighted by Gasteiger charge is 2.20. The molecule has 0 aliphatic heterocycles. The number of benzene rings is 1. The molecule has 3 rings (SSSR count). The summed E-state index contributed by atoms with van der Waals surface area (Å²) in [7, 11) is 1.69. The molecule has 21 heavy (non-hydrogen) atoms. The molecular formula is C17H21NO3. The molecule has 0 saturated heterocycles. The lowest BCUT2D eigenvalue weighted by Gasteiger charge is -2.26. The van der Waals surface area contributed by atoms with Crippen LogP contribution in [0.5, 0.6) is 5.75 Å². The predicted molar refractivity (Wildman–Crippen MR) is 80.5 cm³/mol. The molecule has 2 unspecified atom stereocenters. The average Bonchev–Trinajstić information content (AvgIpc) is 3.06. The van der Waals surface area contributed by atoms with E-state index in [2.05, 4.69) is 17.4 Å². The second kappa shape index (κ2) is 6.33. The maximum Gasteiger partial charge on any atom is 0.133 e. The maximum absolute atomic E-state index is 10.0. The van der Waals surface area contributed by atoms with Gasteiger partial charge < -0.3 is 19.6 Å². The number of aliphatic hydroxyl groups is 1. The molecule has 0 radical (unpaired) electrons. The molecule has 0 spiro atoms. The first-order chi connectivity index (χ1) is 10.3. The summed E-state index contributed by atoms with van der Waals surface area (Å²) in [6.07, 6.45) is 4.11. The first-order valence-electron chi connectivity index (χ1n) is 7.37. The number of methoxy groups -OCH3 is 1. The Morgan fingerprint density at radius 1 is 1.38 bits per heavy atom. The molecule has 0 fully saturated rings. The Bertz CT molecular complexity index is 580. The monoisotopic (exact) mass is 287 g/mol. The highest BCUT2D eigenvalue weighted by Crippen LogP contribution is 2.25. The van der Waals surface area contributed by atoms with Crippen molar-refractivity contribution in [1.82, 2.24) is 5.32 Å². The van der Waals surface area contributed by atoms with Crippen LogP contribution in [0.15, 0.2) is 41.0 Å². The van der Waals surface area contributed by atoms with Crippen LogP contribution >= 0.6 is 0 Å². The van der Waals surface area contributed by atoms with Crippen LogP contribution in [0.4, 0.5) is 0 Å². The first-order valence-corrected chi connectivity index (χ1v) is 7.37. The van der Waals surface area contributed by atoms with E-state index in [-0.39, 0.29) is 0 Å². The number of furan rings is 1. The molecule has 4 heteroatoms. The molecule has 2 atom stereocenters. The standard InChI is InChI=1S/C17H21NO3/c1-20-15-7-5-12-4-6-14(9-13(12)10-15)18-11-16(19)17-3-2-8-21-17/h2-3,5,7-8,10,14,16,18-19H,4,6,9,11H2,1H3. The highest BCUT2D eigenvalue weighted by molar-refractivity contribution is 5.37. The van der Waals surface area contributed by atoms with Crippen molar-refractivity contribution >= 4 is 0 Å². The van der Waals surface area contributed by atoms with E-state index in [1.54, 1.807) is 25.5 Å². The van der Waals surface area contributed by atoms with Gasteiger partial charge in [-0.2, -0.15) is 0 Å². The van der Waals surface area contributed by atoms with E-state index < -0.39 is 6.10 Å². The molecule has 112 valence electrons. The molecular weight excluding hydrogens is 266 g/mol. The van der Waals surface area contributed by atoms with Crippen LogP contribution in [0, 0.1) is 0 Å². The van der Waals surface area contributed by atoms with E-state index in [1.807, 2.05) is 6.07 Å². The SMILES string of the molecule is COc1ccc2c(c1)CC(NCC(O)c1ccco1)CC2. The fourth-order valence-corrected chi connectivity index (χ4v) is 2.89. The topological polar surface area (TPSA) is 54.6 Å². The van der Waals surface area contributed by atoms with Crippen molar-refractivity contribution in [2.24, 2.45) is 0 Å². The molecule has 2 N–H and O–H groups in total. The summed E-state index contributed by atoms with van der Waals surface area (Å²) in [5, 5.41) is 13.5. The van der Waals surface area contributed by atoms with Gasteiger partial charge in [0.2, 0.25) is 0 Å². The van der Waals surface area contributed by atoms with Gasteiger partial charge in [-0.25, -0.2) is 0 Å². The number of hydrogen-bond donors (Lipinski definition) is 2. The van der Waals surface area contributed by atoms with Crippen molar-refractivity contribution in [3.8, 4) is 5.75 Å². The summed E-state index contributed by atoms with van der Waals surface area (Å²) >= 11 is 0. The minimum atomic E-state index is -0.591. The number of aliphatic hydroxyl groups excluding tert-OH is 1. The zero-order valence-corrected chi connectivity index (χ0v) is 12.2. The zero-order chi connectivity index (χ0) is 14.7. The third-order valence-corrected chi connectivity index (χ3v) is 4.11. The van der Waals surface area contributed by atoms with Crippen molar-refractivity contribution in [2.75, 3.05) is 13.7 Å². The van der Waals surface area contributed by atoms with Crippen LogP contribution in [0.2, 0.25) is 0 Å². The number of ether oxygens (including phenoxy) is 1. The van der Waals surface area contributed by atoms with E-state index in [1.165, 1.54) is 11.1 Å². The molecule has 1 aromatic carbocycles. The van der Waals surface area contributed by atoms with Gasteiger partial charge in [-0.3, -0.25) is 0 Å². The van der Waals surface area contributed by atoms with Crippen LogP contribution in [0.3, 0.4) is 0 Å². The normalized spacial score (nSPS) is 19.0. The van der Waals surface area contributed by atoms with Crippen molar-refractivity contribution in [3.05, 3.63) is 53.5 Å². The summed E-state index contributed by atoms with van der Waals surface area (Å²) in [6.45, 7) is 0.511. The third kappa shape index (κ3) is 3.28. The third-order valence-electron chi connectivity index (χ3n) is 4.11. The van der Waals surface area contributed by atoms with E-state index in [9.17, 15) is 5.11 Å². The Morgan fingerprint density at radius 3 is 3.05 bits per heavy atom. The van der Waals surface area contributed by atoms with E-state index >= 15 is 0 Å². The molecule has 2 aromatic rings. The Kier molecular flexibility index (Phi) is 4.27. The molecule has 0 bridgehead atoms. The van der Waals surface area contributed by atoms with Gasteiger partial charge in [-0.1, -0.05) is 6.07 Å². The fraction of sp³-hybridized carbons (Fsp3) is 0.412. The summed E-state index contributed by atoms with van der Waals surface area (Å²) < 4.78 is 10.5. The number of fused-ring (bicyclic) bond motifs is 1. The quantitative estimate of drug-likeness (QED) is 0.887. The largest absolute Gasteiger partial charge is 0.497 e. The summed E-state index contributed by atoms with van der Waals surface area (Å²) in [4.78, 5) is 0. The highest BCUT2D eigenvalue weighted by atomic mass is 16.5. The van der Waals surface area contributed by atoms with Gasteiger partial charge in [0, 0.05) is 12.6 Å². The summed E-state index contributed by atoms with van der Waals surface area (Å²) in [5.41, 5.74) is 2.74. The van der Waals surface area contributed by atoms with Gasteiger partial charge in [0.1, 0.15) is 17.6 Å². The van der Waals surface area contributed by atoms with Gasteiger partial charge in [-0.05, 0) is 54.7 Å². The molecule has 0 saturated carbocycles. The molecule has 1 aliphatic rings. The first kappa shape index (κ1) is 14.2. The van der Waals surface area contributed by atoms with Crippen molar-refractivity contribution < 1.29 is 14.3 Å². The molecule has 4 nitrogen and oxygen atoms in total. The lowest BCUT2D eigenvalue weighted by Crippen LogP contribution is -2.37. The molecule has 0 amide bonds. The van der Waals surface area contributed by atoms with E-state index in [4.69, 9.17) is 9.15 Å². The van der Waals surface area contributed by atoms with Gasteiger partial charge in [0.05, 0.1) is 13.4 Å². The minimum absolute atomic E-state index is 0.384. The van der Waals surface area contributed by atoms with Crippen LogP contribution in [0.1, 0.15) is 29.4 Å². The summed E-state index contributed by atoms with van der Waals surface area (Å²) in [5.74, 6) is 1.52. The Balaban J connectivity index is 1.58. The Hall–Kier alpha value is -1.78.